The van der Waals surface area contributed by atoms with Crippen molar-refractivity contribution in [2.75, 3.05) is 19.7 Å². The fourth-order valence-electron chi connectivity index (χ4n) is 1.82. The number of carbonyl (C=O) groups excluding carboxylic acids is 1. The van der Waals surface area contributed by atoms with Crippen molar-refractivity contribution in [2.45, 2.75) is 6.04 Å². The summed E-state index contributed by atoms with van der Waals surface area (Å²) >= 11 is 1.56. The number of carbonyl (C=O) groups is 1. The largest absolute Gasteiger partial charge is 0.396 e. The second-order valence-electron chi connectivity index (χ2n) is 3.43. The maximum atomic E-state index is 10.6. The Balaban J connectivity index is 1.98. The van der Waals surface area contributed by atoms with Crippen LogP contribution >= 0.6 is 11.9 Å². The molecule has 0 aromatic carbocycles. The van der Waals surface area contributed by atoms with Gasteiger partial charge < -0.3 is 15.4 Å². The van der Waals surface area contributed by atoms with Crippen LogP contribution < -0.4 is 5.43 Å². The number of hydrogen-bond acceptors (Lipinski definition) is 5. The molecule has 0 saturated carbocycles. The van der Waals surface area contributed by atoms with Crippen molar-refractivity contribution >= 4 is 18.4 Å². The Kier molecular flexibility index (Phi) is 2.95. The van der Waals surface area contributed by atoms with Crippen LogP contribution in [0.25, 0.3) is 0 Å². The molecule has 0 spiro atoms. The molecule has 0 aromatic rings. The van der Waals surface area contributed by atoms with Gasteiger partial charge in [-0.25, -0.2) is 0 Å². The van der Waals surface area contributed by atoms with E-state index in [1.54, 1.807) is 16.8 Å². The summed E-state index contributed by atoms with van der Waals surface area (Å²) < 4.78 is 1.98. The van der Waals surface area contributed by atoms with Crippen molar-refractivity contribution in [1.82, 2.24) is 14.7 Å². The molecule has 0 aliphatic carbocycles. The van der Waals surface area contributed by atoms with E-state index in [4.69, 9.17) is 0 Å². The summed E-state index contributed by atoms with van der Waals surface area (Å²) in [7, 11) is 0. The molecule has 2 heterocycles. The van der Waals surface area contributed by atoms with Crippen molar-refractivity contribution in [2.24, 2.45) is 5.92 Å². The van der Waals surface area contributed by atoms with Gasteiger partial charge in [-0.3, -0.25) is 4.79 Å². The van der Waals surface area contributed by atoms with Crippen molar-refractivity contribution < 1.29 is 9.90 Å². The highest BCUT2D eigenvalue weighted by Crippen LogP contribution is 2.27. The molecule has 14 heavy (non-hydrogen) atoms. The summed E-state index contributed by atoms with van der Waals surface area (Å²) in [4.78, 5) is 12.3. The fourth-order valence-corrected chi connectivity index (χ4v) is 2.59. The summed E-state index contributed by atoms with van der Waals surface area (Å²) in [5.41, 5.74) is 3.07. The summed E-state index contributed by atoms with van der Waals surface area (Å²) in [6.45, 7) is 1.44. The highest BCUT2D eigenvalue weighted by Gasteiger charge is 2.36. The number of aliphatic hydroxyl groups is 1. The zero-order valence-electron chi connectivity index (χ0n) is 7.67. The van der Waals surface area contributed by atoms with Crippen LogP contribution in [0.3, 0.4) is 0 Å². The van der Waals surface area contributed by atoms with Crippen LogP contribution in [0.1, 0.15) is 0 Å². The van der Waals surface area contributed by atoms with Crippen molar-refractivity contribution in [3.05, 3.63) is 11.6 Å². The normalized spacial score (nSPS) is 32.2. The Labute approximate surface area is 86.8 Å². The Morgan fingerprint density at radius 1 is 1.64 bits per heavy atom. The van der Waals surface area contributed by atoms with E-state index in [0.29, 0.717) is 13.1 Å². The summed E-state index contributed by atoms with van der Waals surface area (Å²) in [6, 6.07) is 0.185. The third-order valence-corrected chi connectivity index (χ3v) is 3.42. The lowest BCUT2D eigenvalue weighted by molar-refractivity contribution is -0.117. The van der Waals surface area contributed by atoms with Gasteiger partial charge in [0.2, 0.25) is 6.41 Å². The van der Waals surface area contributed by atoms with E-state index in [-0.39, 0.29) is 18.6 Å². The van der Waals surface area contributed by atoms with Crippen LogP contribution in [0, 0.1) is 5.92 Å². The van der Waals surface area contributed by atoms with Gasteiger partial charge in [0.05, 0.1) is 6.04 Å². The second kappa shape index (κ2) is 4.20. The maximum absolute atomic E-state index is 10.6. The molecule has 0 aromatic heterocycles. The number of likely N-dealkylation sites (tertiary alicyclic amines) is 1. The molecular formula is C8H13N3O2S. The molecule has 2 atom stereocenters. The molecule has 1 saturated heterocycles. The Morgan fingerprint density at radius 3 is 3.07 bits per heavy atom. The van der Waals surface area contributed by atoms with Gasteiger partial charge in [-0.15, -0.1) is 0 Å². The minimum Gasteiger partial charge on any atom is -0.396 e. The third kappa shape index (κ3) is 1.73. The van der Waals surface area contributed by atoms with Crippen LogP contribution in [-0.2, 0) is 4.79 Å². The van der Waals surface area contributed by atoms with E-state index in [2.05, 4.69) is 5.43 Å². The predicted molar refractivity (Wildman–Crippen MR) is 53.7 cm³/mol. The zero-order chi connectivity index (χ0) is 9.97. The molecule has 5 nitrogen and oxygen atoms in total. The van der Waals surface area contributed by atoms with Gasteiger partial charge in [-0.1, -0.05) is 0 Å². The van der Waals surface area contributed by atoms with E-state index in [1.807, 2.05) is 16.0 Å². The van der Waals surface area contributed by atoms with E-state index in [1.165, 1.54) is 0 Å². The van der Waals surface area contributed by atoms with E-state index < -0.39 is 0 Å². The first-order chi connectivity index (χ1) is 6.85. The minimum atomic E-state index is 0.119. The molecule has 2 rings (SSSR count). The van der Waals surface area contributed by atoms with Gasteiger partial charge in [-0.05, 0) is 11.9 Å². The molecule has 1 fully saturated rings. The predicted octanol–water partition coefficient (Wildman–Crippen LogP) is -0.625. The minimum absolute atomic E-state index is 0.119. The topological polar surface area (TPSA) is 55.8 Å². The van der Waals surface area contributed by atoms with E-state index >= 15 is 0 Å². The van der Waals surface area contributed by atoms with Gasteiger partial charge in [0.15, 0.2) is 0 Å². The van der Waals surface area contributed by atoms with Crippen LogP contribution in [0.5, 0.6) is 0 Å². The molecule has 2 aliphatic rings. The maximum Gasteiger partial charge on any atom is 0.209 e. The lowest BCUT2D eigenvalue weighted by Crippen LogP contribution is -2.41. The van der Waals surface area contributed by atoms with E-state index in [0.717, 1.165) is 6.41 Å². The highest BCUT2D eigenvalue weighted by atomic mass is 32.2. The van der Waals surface area contributed by atoms with Crippen LogP contribution in [0.15, 0.2) is 11.6 Å². The molecule has 0 bridgehead atoms. The number of aliphatic hydroxyl groups excluding tert-OH is 1. The lowest BCUT2D eigenvalue weighted by atomic mass is 10.1. The van der Waals surface area contributed by atoms with Crippen molar-refractivity contribution in [1.29, 1.82) is 0 Å². The molecular weight excluding hydrogens is 202 g/mol. The van der Waals surface area contributed by atoms with E-state index in [9.17, 15) is 9.90 Å². The van der Waals surface area contributed by atoms with Crippen LogP contribution in [0.4, 0.5) is 0 Å². The number of nitrogens with zero attached hydrogens (tertiary/aromatic N) is 2. The second-order valence-corrected chi connectivity index (χ2v) is 4.31. The number of nitrogens with one attached hydrogen (secondary N) is 1. The van der Waals surface area contributed by atoms with Crippen LogP contribution in [-0.4, -0.2) is 46.6 Å². The summed E-state index contributed by atoms with van der Waals surface area (Å²) in [6.07, 6.45) is 2.69. The number of rotatable bonds is 3. The Bertz CT molecular complexity index is 241. The number of hydrogen-bond donors (Lipinski definition) is 2. The lowest BCUT2D eigenvalue weighted by Gasteiger charge is -2.25. The summed E-state index contributed by atoms with van der Waals surface area (Å²) in [5, 5.41) is 11.1. The van der Waals surface area contributed by atoms with Gasteiger partial charge in [-0.2, -0.15) is 4.41 Å². The average Bonchev–Trinajstić information content (AvgIpc) is 2.85. The van der Waals surface area contributed by atoms with Gasteiger partial charge in [0.25, 0.3) is 0 Å². The molecule has 0 radical (unpaired) electrons. The monoisotopic (exact) mass is 215 g/mol. The first kappa shape index (κ1) is 9.82. The molecule has 6 heteroatoms. The summed E-state index contributed by atoms with van der Waals surface area (Å²) in [5.74, 6) is 0.139. The number of amides is 1. The standard InChI is InChI=1S/C8H13N3O2S/c12-5-7-3-10(6-13)4-8(7)11-9-1-2-14-11/h1-2,6-9,12H,3-5H2. The van der Waals surface area contributed by atoms with Gasteiger partial charge >= 0.3 is 0 Å². The molecule has 2 unspecified atom stereocenters. The highest BCUT2D eigenvalue weighted by molar-refractivity contribution is 8.00. The van der Waals surface area contributed by atoms with Crippen molar-refractivity contribution in [3.63, 3.8) is 0 Å². The fraction of sp³-hybridized carbons (Fsp3) is 0.625. The molecule has 2 aliphatic heterocycles. The van der Waals surface area contributed by atoms with Crippen LogP contribution in [0.2, 0.25) is 0 Å². The van der Waals surface area contributed by atoms with Crippen molar-refractivity contribution in [3.8, 4) is 0 Å². The first-order valence-electron chi connectivity index (χ1n) is 4.52. The Hall–Kier alpha value is -0.720. The first-order valence-corrected chi connectivity index (χ1v) is 5.36. The molecule has 78 valence electrons. The third-order valence-electron chi connectivity index (χ3n) is 2.56. The average molecular weight is 215 g/mol. The molecule has 2 N–H and O–H groups in total. The zero-order valence-corrected chi connectivity index (χ0v) is 8.48. The Morgan fingerprint density at radius 2 is 2.50 bits per heavy atom. The van der Waals surface area contributed by atoms with Gasteiger partial charge in [0.1, 0.15) is 0 Å². The number of hydrazine groups is 1. The quantitative estimate of drug-likeness (QED) is 0.485. The smallest absolute Gasteiger partial charge is 0.209 e. The molecule has 1 amide bonds. The van der Waals surface area contributed by atoms with Gasteiger partial charge in [0, 0.05) is 37.2 Å². The SMILES string of the molecule is O=CN1CC(CO)C(N2NC=CS2)C1.